The summed E-state index contributed by atoms with van der Waals surface area (Å²) in [5.74, 6) is -0.322. The maximum atomic E-state index is 14.1. The first-order chi connectivity index (χ1) is 15.0. The second-order valence-corrected chi connectivity index (χ2v) is 8.21. The number of oxime groups is 1. The Morgan fingerprint density at radius 2 is 2.06 bits per heavy atom. The number of hydrogen-bond donors (Lipinski definition) is 3. The Morgan fingerprint density at radius 1 is 1.26 bits per heavy atom. The Balaban J connectivity index is 1.67. The molecule has 1 aliphatic carbocycles. The molecule has 0 bridgehead atoms. The number of nitrogens with one attached hydrogen (secondary N) is 2. The van der Waals surface area contributed by atoms with Gasteiger partial charge in [-0.3, -0.25) is 4.98 Å². The molecule has 0 radical (unpaired) electrons. The van der Waals surface area contributed by atoms with E-state index in [-0.39, 0.29) is 17.8 Å². The average Bonchev–Trinajstić information content (AvgIpc) is 2.78. The summed E-state index contributed by atoms with van der Waals surface area (Å²) in [6, 6.07) is 8.58. The fraction of sp³-hybridized carbons (Fsp3) is 0.375. The minimum atomic E-state index is -0.296. The fourth-order valence-electron chi connectivity index (χ4n) is 4.39. The molecule has 6 nitrogen and oxygen atoms in total. The van der Waals surface area contributed by atoms with E-state index in [4.69, 9.17) is 16.0 Å². The molecule has 4 N–H and O–H groups in total. The van der Waals surface area contributed by atoms with Gasteiger partial charge in [-0.05, 0) is 74.5 Å². The van der Waals surface area contributed by atoms with Crippen LogP contribution in [0.5, 0.6) is 0 Å². The van der Waals surface area contributed by atoms with Crippen molar-refractivity contribution in [3.63, 3.8) is 0 Å². The van der Waals surface area contributed by atoms with Crippen molar-refractivity contribution >= 4 is 11.4 Å². The van der Waals surface area contributed by atoms with E-state index >= 15 is 0 Å². The Hall–Kier alpha value is -3.06. The number of halogens is 1. The van der Waals surface area contributed by atoms with Gasteiger partial charge in [0.1, 0.15) is 11.9 Å². The third-order valence-electron chi connectivity index (χ3n) is 5.90. The number of pyridine rings is 1. The van der Waals surface area contributed by atoms with Gasteiger partial charge in [0.25, 0.3) is 0 Å². The SMILES string of the molecule is C/C(N)=C1/C(=N)CC(c2ccc(F)cc2-c2cccnc2)C/C1=N\OC1CCNCC1. The van der Waals surface area contributed by atoms with Crippen LogP contribution < -0.4 is 11.1 Å². The summed E-state index contributed by atoms with van der Waals surface area (Å²) < 4.78 is 14.1. The van der Waals surface area contributed by atoms with Gasteiger partial charge in [0, 0.05) is 41.4 Å². The average molecular weight is 422 g/mol. The Morgan fingerprint density at radius 3 is 2.77 bits per heavy atom. The van der Waals surface area contributed by atoms with Gasteiger partial charge in [0.15, 0.2) is 0 Å². The molecule has 2 aromatic rings. The summed E-state index contributed by atoms with van der Waals surface area (Å²) in [7, 11) is 0. The summed E-state index contributed by atoms with van der Waals surface area (Å²) in [6.45, 7) is 3.62. The van der Waals surface area contributed by atoms with E-state index in [1.54, 1.807) is 19.3 Å². The number of benzene rings is 1. The number of nitrogens with zero attached hydrogens (tertiary/aromatic N) is 2. The van der Waals surface area contributed by atoms with Crippen LogP contribution >= 0.6 is 0 Å². The summed E-state index contributed by atoms with van der Waals surface area (Å²) in [5, 5.41) is 16.4. The molecule has 0 amide bonds. The van der Waals surface area contributed by atoms with E-state index in [1.165, 1.54) is 12.1 Å². The van der Waals surface area contributed by atoms with Crippen molar-refractivity contribution in [1.82, 2.24) is 10.3 Å². The molecule has 2 fully saturated rings. The van der Waals surface area contributed by atoms with Crippen LogP contribution in [-0.2, 0) is 4.84 Å². The molecule has 4 rings (SSSR count). The molecule has 1 aliphatic heterocycles. The van der Waals surface area contributed by atoms with E-state index < -0.39 is 0 Å². The molecule has 0 spiro atoms. The number of rotatable bonds is 4. The van der Waals surface area contributed by atoms with E-state index in [2.05, 4.69) is 15.5 Å². The van der Waals surface area contributed by atoms with E-state index in [9.17, 15) is 4.39 Å². The highest BCUT2D eigenvalue weighted by Crippen LogP contribution is 2.38. The minimum Gasteiger partial charge on any atom is -0.402 e. The molecule has 1 saturated heterocycles. The van der Waals surface area contributed by atoms with Gasteiger partial charge in [-0.25, -0.2) is 4.39 Å². The van der Waals surface area contributed by atoms with Crippen LogP contribution in [0.1, 0.15) is 44.1 Å². The molecule has 1 aromatic carbocycles. The maximum Gasteiger partial charge on any atom is 0.130 e. The lowest BCUT2D eigenvalue weighted by atomic mass is 9.76. The van der Waals surface area contributed by atoms with Crippen LogP contribution in [-0.4, -0.2) is 35.6 Å². The number of aromatic nitrogens is 1. The standard InChI is InChI=1S/C24H28FN5O/c1-15(26)24-22(27)11-17(12-23(24)30-31-19-6-9-28-10-7-19)20-5-4-18(25)13-21(20)16-3-2-8-29-14-16/h2-5,8,13-14,17,19,27-28H,6-7,9-12,26H2,1H3/b24-15+,27-22?,30-23+. The predicted octanol–water partition coefficient (Wildman–Crippen LogP) is 4.14. The van der Waals surface area contributed by atoms with E-state index in [0.29, 0.717) is 35.5 Å². The second-order valence-electron chi connectivity index (χ2n) is 8.21. The van der Waals surface area contributed by atoms with Crippen LogP contribution in [0.25, 0.3) is 11.1 Å². The van der Waals surface area contributed by atoms with Crippen LogP contribution in [0, 0.1) is 11.2 Å². The molecule has 2 aliphatic rings. The van der Waals surface area contributed by atoms with Gasteiger partial charge in [0.05, 0.1) is 5.71 Å². The van der Waals surface area contributed by atoms with Gasteiger partial charge < -0.3 is 21.3 Å². The van der Waals surface area contributed by atoms with Gasteiger partial charge in [0.2, 0.25) is 0 Å². The predicted molar refractivity (Wildman–Crippen MR) is 121 cm³/mol. The first-order valence-corrected chi connectivity index (χ1v) is 10.7. The molecular weight excluding hydrogens is 393 g/mol. The molecule has 31 heavy (non-hydrogen) atoms. The summed E-state index contributed by atoms with van der Waals surface area (Å²) >= 11 is 0. The molecule has 1 atom stereocenters. The molecule has 7 heteroatoms. The topological polar surface area (TPSA) is 96.4 Å². The zero-order valence-corrected chi connectivity index (χ0v) is 17.7. The summed E-state index contributed by atoms with van der Waals surface area (Å²) in [5.41, 5.74) is 11.1. The van der Waals surface area contributed by atoms with Gasteiger partial charge >= 0.3 is 0 Å². The van der Waals surface area contributed by atoms with Crippen molar-refractivity contribution in [3.8, 4) is 11.1 Å². The highest BCUT2D eigenvalue weighted by Gasteiger charge is 2.31. The van der Waals surface area contributed by atoms with Gasteiger partial charge in [-0.15, -0.1) is 0 Å². The number of allylic oxidation sites excluding steroid dienone is 2. The normalized spacial score (nSPS) is 23.1. The number of piperidine rings is 1. The second kappa shape index (κ2) is 9.39. The quantitative estimate of drug-likeness (QED) is 0.647. The van der Waals surface area contributed by atoms with Gasteiger partial charge in [-0.1, -0.05) is 17.3 Å². The van der Waals surface area contributed by atoms with Crippen molar-refractivity contribution in [1.29, 1.82) is 5.41 Å². The molecule has 162 valence electrons. The molecule has 2 heterocycles. The van der Waals surface area contributed by atoms with E-state index in [0.717, 1.165) is 42.6 Å². The van der Waals surface area contributed by atoms with Crippen LogP contribution in [0.2, 0.25) is 0 Å². The molecule has 1 aromatic heterocycles. The first kappa shape index (κ1) is 21.2. The molecule has 1 unspecified atom stereocenters. The third kappa shape index (κ3) is 4.82. The number of hydrogen-bond acceptors (Lipinski definition) is 6. The lowest BCUT2D eigenvalue weighted by Gasteiger charge is -2.29. The van der Waals surface area contributed by atoms with Crippen molar-refractivity contribution in [2.24, 2.45) is 10.9 Å². The van der Waals surface area contributed by atoms with Crippen molar-refractivity contribution in [2.75, 3.05) is 13.1 Å². The summed E-state index contributed by atoms with van der Waals surface area (Å²) in [6.07, 6.45) is 6.40. The lowest BCUT2D eigenvalue weighted by Crippen LogP contribution is -2.32. The lowest BCUT2D eigenvalue weighted by molar-refractivity contribution is 0.0373. The largest absolute Gasteiger partial charge is 0.402 e. The highest BCUT2D eigenvalue weighted by molar-refractivity contribution is 6.25. The Kier molecular flexibility index (Phi) is 6.42. The van der Waals surface area contributed by atoms with E-state index in [1.807, 2.05) is 18.2 Å². The van der Waals surface area contributed by atoms with Crippen LogP contribution in [0.15, 0.2) is 59.2 Å². The zero-order valence-electron chi connectivity index (χ0n) is 17.7. The molecular formula is C24H28FN5O. The third-order valence-corrected chi connectivity index (χ3v) is 5.90. The Bertz CT molecular complexity index is 1010. The fourth-order valence-corrected chi connectivity index (χ4v) is 4.39. The number of nitrogens with two attached hydrogens (primary N) is 1. The molecule has 1 saturated carbocycles. The van der Waals surface area contributed by atoms with Crippen molar-refractivity contribution < 1.29 is 9.23 Å². The van der Waals surface area contributed by atoms with Crippen molar-refractivity contribution in [3.05, 3.63) is 65.4 Å². The monoisotopic (exact) mass is 421 g/mol. The van der Waals surface area contributed by atoms with Crippen LogP contribution in [0.3, 0.4) is 0 Å². The van der Waals surface area contributed by atoms with Crippen molar-refractivity contribution in [2.45, 2.75) is 44.6 Å². The van der Waals surface area contributed by atoms with Crippen LogP contribution in [0.4, 0.5) is 4.39 Å². The smallest absolute Gasteiger partial charge is 0.130 e. The zero-order chi connectivity index (χ0) is 21.8. The minimum absolute atomic E-state index is 0.0261. The Labute approximate surface area is 181 Å². The summed E-state index contributed by atoms with van der Waals surface area (Å²) in [4.78, 5) is 10.0. The highest BCUT2D eigenvalue weighted by atomic mass is 19.1. The maximum absolute atomic E-state index is 14.1. The first-order valence-electron chi connectivity index (χ1n) is 10.7. The van der Waals surface area contributed by atoms with Gasteiger partial charge in [-0.2, -0.15) is 0 Å².